The van der Waals surface area contributed by atoms with Crippen molar-refractivity contribution in [2.45, 2.75) is 26.4 Å². The molecule has 2 aromatic heterocycles. The maximum absolute atomic E-state index is 14.2. The van der Waals surface area contributed by atoms with E-state index in [0.29, 0.717) is 27.8 Å². The summed E-state index contributed by atoms with van der Waals surface area (Å²) in [5.74, 6) is -3.50. The molecule has 0 aliphatic heterocycles. The number of hydrogen-bond acceptors (Lipinski definition) is 3. The van der Waals surface area contributed by atoms with Crippen LogP contribution < -0.4 is 4.74 Å². The molecule has 2 aromatic carbocycles. The average Bonchev–Trinajstić information content (AvgIpc) is 3.19. The van der Waals surface area contributed by atoms with Gasteiger partial charge in [-0.3, -0.25) is 4.57 Å². The molecule has 0 saturated carbocycles. The summed E-state index contributed by atoms with van der Waals surface area (Å²) < 4.78 is 36.2. The highest BCUT2D eigenvalue weighted by Gasteiger charge is 2.27. The summed E-state index contributed by atoms with van der Waals surface area (Å²) in [6.07, 6.45) is 0. The second-order valence-electron chi connectivity index (χ2n) is 7.86. The van der Waals surface area contributed by atoms with Gasteiger partial charge in [-0.15, -0.1) is 0 Å². The van der Waals surface area contributed by atoms with Crippen LogP contribution in [0.15, 0.2) is 72.8 Å². The van der Waals surface area contributed by atoms with Crippen molar-refractivity contribution < 1.29 is 23.4 Å². The maximum Gasteiger partial charge on any atom is 0.354 e. The van der Waals surface area contributed by atoms with Crippen molar-refractivity contribution in [3.63, 3.8) is 0 Å². The van der Waals surface area contributed by atoms with Crippen LogP contribution in [-0.4, -0.2) is 20.6 Å². The molecule has 2 heterocycles. The van der Waals surface area contributed by atoms with E-state index in [-0.39, 0.29) is 17.9 Å². The van der Waals surface area contributed by atoms with E-state index in [1.165, 1.54) is 24.3 Å². The van der Waals surface area contributed by atoms with Crippen LogP contribution in [0.25, 0.3) is 17.1 Å². The zero-order chi connectivity index (χ0) is 24.5. The molecule has 5 nitrogen and oxygen atoms in total. The van der Waals surface area contributed by atoms with Gasteiger partial charge in [0.25, 0.3) is 5.92 Å². The molecule has 0 aliphatic rings. The fourth-order valence-corrected chi connectivity index (χ4v) is 3.81. The normalized spacial score (nSPS) is 11.4. The van der Waals surface area contributed by atoms with Gasteiger partial charge in [-0.1, -0.05) is 35.9 Å². The number of ether oxygens (including phenoxy) is 1. The van der Waals surface area contributed by atoms with Crippen molar-refractivity contribution in [1.29, 1.82) is 0 Å². The van der Waals surface area contributed by atoms with Crippen LogP contribution in [0, 0.1) is 6.92 Å². The number of carbonyl (C=O) groups is 1. The number of aromatic carboxylic acids is 1. The van der Waals surface area contributed by atoms with Crippen molar-refractivity contribution in [3.8, 4) is 22.8 Å². The summed E-state index contributed by atoms with van der Waals surface area (Å²) in [6.45, 7) is 2.79. The fourth-order valence-electron chi connectivity index (χ4n) is 3.62. The van der Waals surface area contributed by atoms with E-state index in [4.69, 9.17) is 16.3 Å². The van der Waals surface area contributed by atoms with Gasteiger partial charge in [0.05, 0.1) is 5.69 Å². The standard InChI is InChI=1S/C26H21ClF2N2O3/c1-16-10-12-22(31(16)24-9-5-8-21(30-24)25(32)33)19-14-18(26(2,28)29)11-13-23(19)34-15-17-6-3-4-7-20(17)27/h3-14H,15H2,1-2H3,(H,32,33). The molecule has 0 fully saturated rings. The molecule has 0 atom stereocenters. The van der Waals surface area contributed by atoms with E-state index in [9.17, 15) is 18.7 Å². The first-order chi connectivity index (χ1) is 16.1. The van der Waals surface area contributed by atoms with Crippen molar-refractivity contribution in [3.05, 3.63) is 100 Å². The van der Waals surface area contributed by atoms with Crippen molar-refractivity contribution in [2.75, 3.05) is 0 Å². The molecule has 4 aromatic rings. The van der Waals surface area contributed by atoms with E-state index >= 15 is 0 Å². The largest absolute Gasteiger partial charge is 0.488 e. The Balaban J connectivity index is 1.84. The van der Waals surface area contributed by atoms with Gasteiger partial charge in [0, 0.05) is 34.3 Å². The molecule has 0 aliphatic carbocycles. The van der Waals surface area contributed by atoms with Gasteiger partial charge in [0.1, 0.15) is 18.2 Å². The van der Waals surface area contributed by atoms with E-state index in [0.717, 1.165) is 18.2 Å². The van der Waals surface area contributed by atoms with Gasteiger partial charge in [-0.25, -0.2) is 18.6 Å². The summed E-state index contributed by atoms with van der Waals surface area (Å²) in [5, 5.41) is 9.88. The highest BCUT2D eigenvalue weighted by Crippen LogP contribution is 2.38. The van der Waals surface area contributed by atoms with Gasteiger partial charge in [0.15, 0.2) is 5.69 Å². The first-order valence-electron chi connectivity index (χ1n) is 10.4. The molecule has 4 rings (SSSR count). The lowest BCUT2D eigenvalue weighted by atomic mass is 10.0. The first kappa shape index (κ1) is 23.4. The van der Waals surface area contributed by atoms with Crippen molar-refractivity contribution in [2.24, 2.45) is 0 Å². The second kappa shape index (κ2) is 9.27. The van der Waals surface area contributed by atoms with E-state index in [2.05, 4.69) is 4.98 Å². The number of hydrogen-bond donors (Lipinski definition) is 1. The van der Waals surface area contributed by atoms with Gasteiger partial charge in [-0.05, 0) is 55.5 Å². The topological polar surface area (TPSA) is 64.3 Å². The van der Waals surface area contributed by atoms with Crippen LogP contribution in [0.5, 0.6) is 5.75 Å². The number of pyridine rings is 1. The van der Waals surface area contributed by atoms with Gasteiger partial charge in [-0.2, -0.15) is 0 Å². The number of rotatable bonds is 7. The third kappa shape index (κ3) is 4.79. The fraction of sp³-hybridized carbons (Fsp3) is 0.154. The smallest absolute Gasteiger partial charge is 0.354 e. The minimum absolute atomic E-state index is 0.124. The summed E-state index contributed by atoms with van der Waals surface area (Å²) in [6, 6.07) is 19.6. The van der Waals surface area contributed by atoms with Crippen LogP contribution in [0.3, 0.4) is 0 Å². The number of nitrogens with zero attached hydrogens (tertiary/aromatic N) is 2. The van der Waals surface area contributed by atoms with Gasteiger partial charge in [0.2, 0.25) is 0 Å². The summed E-state index contributed by atoms with van der Waals surface area (Å²) >= 11 is 6.24. The monoisotopic (exact) mass is 482 g/mol. The lowest BCUT2D eigenvalue weighted by molar-refractivity contribution is 0.0174. The Kier molecular flexibility index (Phi) is 6.39. The van der Waals surface area contributed by atoms with Gasteiger partial charge < -0.3 is 9.84 Å². The minimum atomic E-state index is -3.07. The molecule has 1 N–H and O–H groups in total. The molecule has 174 valence electrons. The number of carboxylic acids is 1. The Bertz CT molecular complexity index is 1360. The Morgan fingerprint density at radius 1 is 1.09 bits per heavy atom. The minimum Gasteiger partial charge on any atom is -0.488 e. The van der Waals surface area contributed by atoms with Crippen LogP contribution in [0.2, 0.25) is 5.02 Å². The number of carboxylic acid groups (broad SMARTS) is 1. The van der Waals surface area contributed by atoms with Crippen LogP contribution >= 0.6 is 11.6 Å². The van der Waals surface area contributed by atoms with E-state index in [1.54, 1.807) is 34.9 Å². The average molecular weight is 483 g/mol. The molecular weight excluding hydrogens is 462 g/mol. The lowest BCUT2D eigenvalue weighted by Crippen LogP contribution is -2.10. The Morgan fingerprint density at radius 3 is 2.56 bits per heavy atom. The molecular formula is C26H21ClF2N2O3. The quantitative estimate of drug-likeness (QED) is 0.311. The predicted molar refractivity (Wildman–Crippen MR) is 126 cm³/mol. The summed E-state index contributed by atoms with van der Waals surface area (Å²) in [5.41, 5.74) is 2.15. The number of aromatic nitrogens is 2. The van der Waals surface area contributed by atoms with E-state index < -0.39 is 11.9 Å². The SMILES string of the molecule is Cc1ccc(-c2cc(C(C)(F)F)ccc2OCc2ccccc2Cl)n1-c1cccc(C(=O)O)n1. The number of halogens is 3. The maximum atomic E-state index is 14.2. The van der Waals surface area contributed by atoms with Crippen LogP contribution in [0.4, 0.5) is 8.78 Å². The molecule has 0 saturated heterocycles. The third-order valence-corrected chi connectivity index (χ3v) is 5.73. The van der Waals surface area contributed by atoms with E-state index in [1.807, 2.05) is 25.1 Å². The van der Waals surface area contributed by atoms with Crippen molar-refractivity contribution >= 4 is 17.6 Å². The Hall–Kier alpha value is -3.71. The predicted octanol–water partition coefficient (Wildman–Crippen LogP) is 6.89. The van der Waals surface area contributed by atoms with Crippen LogP contribution in [-0.2, 0) is 12.5 Å². The molecule has 0 radical (unpaired) electrons. The Labute approximate surface area is 200 Å². The van der Waals surface area contributed by atoms with Crippen LogP contribution in [0.1, 0.15) is 34.2 Å². The zero-order valence-corrected chi connectivity index (χ0v) is 19.2. The zero-order valence-electron chi connectivity index (χ0n) is 18.4. The number of benzene rings is 2. The first-order valence-corrected chi connectivity index (χ1v) is 10.8. The highest BCUT2D eigenvalue weighted by molar-refractivity contribution is 6.31. The second-order valence-corrected chi connectivity index (χ2v) is 8.27. The van der Waals surface area contributed by atoms with Gasteiger partial charge >= 0.3 is 5.97 Å². The Morgan fingerprint density at radius 2 is 1.85 bits per heavy atom. The summed E-state index contributed by atoms with van der Waals surface area (Å²) in [7, 11) is 0. The molecule has 0 bridgehead atoms. The highest BCUT2D eigenvalue weighted by atomic mass is 35.5. The number of alkyl halides is 2. The molecule has 8 heteroatoms. The number of aryl methyl sites for hydroxylation is 1. The lowest BCUT2D eigenvalue weighted by Gasteiger charge is -2.18. The molecule has 0 amide bonds. The molecule has 34 heavy (non-hydrogen) atoms. The summed E-state index contributed by atoms with van der Waals surface area (Å²) in [4.78, 5) is 15.7. The van der Waals surface area contributed by atoms with Crippen molar-refractivity contribution in [1.82, 2.24) is 9.55 Å². The third-order valence-electron chi connectivity index (χ3n) is 5.36. The molecule has 0 unspecified atom stereocenters. The molecule has 0 spiro atoms.